The Labute approximate surface area is 127 Å². The van der Waals surface area contributed by atoms with Crippen LogP contribution in [0.25, 0.3) is 0 Å². The molecule has 0 saturated carbocycles. The Balaban J connectivity index is 2.02. The average Bonchev–Trinajstić information content (AvgIpc) is 2.55. The van der Waals surface area contributed by atoms with E-state index in [-0.39, 0.29) is 12.2 Å². The number of carbonyl (C=O) groups excluding carboxylic acids is 1. The average molecular weight is 301 g/mol. The predicted molar refractivity (Wildman–Crippen MR) is 79.9 cm³/mol. The van der Waals surface area contributed by atoms with Crippen LogP contribution in [0.5, 0.6) is 0 Å². The van der Waals surface area contributed by atoms with Gasteiger partial charge in [0.1, 0.15) is 5.82 Å². The molecule has 1 unspecified atom stereocenters. The minimum absolute atomic E-state index is 0.156. The number of carbonyl (C=O) groups is 1. The van der Waals surface area contributed by atoms with Crippen molar-refractivity contribution in [2.75, 3.05) is 0 Å². The van der Waals surface area contributed by atoms with E-state index in [1.54, 1.807) is 0 Å². The first-order valence-corrected chi connectivity index (χ1v) is 6.64. The quantitative estimate of drug-likeness (QED) is 0.636. The lowest BCUT2D eigenvalue weighted by atomic mass is 9.93. The van der Waals surface area contributed by atoms with Gasteiger partial charge in [-0.2, -0.15) is 0 Å². The molecule has 114 valence electrons. The van der Waals surface area contributed by atoms with Crippen molar-refractivity contribution in [3.05, 3.63) is 84.2 Å². The molecule has 2 rings (SSSR count). The SMILES string of the molecule is C=CC(O)(C(=O)NOCc1ccccc1)c1ccc(F)cc1. The lowest BCUT2D eigenvalue weighted by Gasteiger charge is -2.23. The standard InChI is InChI=1S/C17H16FNO3/c1-2-17(21,14-8-10-15(18)11-9-14)16(20)19-22-12-13-6-4-3-5-7-13/h2-11,21H,1,12H2,(H,19,20). The van der Waals surface area contributed by atoms with Crippen molar-refractivity contribution in [1.82, 2.24) is 5.48 Å². The molecule has 5 heteroatoms. The number of halogens is 1. The number of aliphatic hydroxyl groups is 1. The molecule has 1 atom stereocenters. The summed E-state index contributed by atoms with van der Waals surface area (Å²) in [4.78, 5) is 17.2. The van der Waals surface area contributed by atoms with Crippen LogP contribution in [0.3, 0.4) is 0 Å². The molecule has 4 nitrogen and oxygen atoms in total. The fourth-order valence-electron chi connectivity index (χ4n) is 1.88. The van der Waals surface area contributed by atoms with Gasteiger partial charge in [-0.15, -0.1) is 0 Å². The van der Waals surface area contributed by atoms with Crippen molar-refractivity contribution in [1.29, 1.82) is 0 Å². The Bertz CT molecular complexity index is 643. The molecule has 0 aliphatic rings. The maximum atomic E-state index is 12.9. The predicted octanol–water partition coefficient (Wildman–Crippen LogP) is 2.45. The van der Waals surface area contributed by atoms with E-state index in [4.69, 9.17) is 4.84 Å². The van der Waals surface area contributed by atoms with Crippen LogP contribution in [-0.4, -0.2) is 11.0 Å². The number of hydrogen-bond acceptors (Lipinski definition) is 3. The summed E-state index contributed by atoms with van der Waals surface area (Å²) >= 11 is 0. The maximum Gasteiger partial charge on any atom is 0.284 e. The fraction of sp³-hybridized carbons (Fsp3) is 0.118. The zero-order valence-corrected chi connectivity index (χ0v) is 11.8. The van der Waals surface area contributed by atoms with Crippen LogP contribution < -0.4 is 5.48 Å². The van der Waals surface area contributed by atoms with Crippen molar-refractivity contribution < 1.29 is 19.1 Å². The summed E-state index contributed by atoms with van der Waals surface area (Å²) in [7, 11) is 0. The van der Waals surface area contributed by atoms with Crippen molar-refractivity contribution in [3.8, 4) is 0 Å². The lowest BCUT2D eigenvalue weighted by molar-refractivity contribution is -0.150. The van der Waals surface area contributed by atoms with Gasteiger partial charge in [-0.1, -0.05) is 49.0 Å². The normalized spacial score (nSPS) is 13.2. The third kappa shape index (κ3) is 3.58. The Hall–Kier alpha value is -2.50. The van der Waals surface area contributed by atoms with Gasteiger partial charge in [-0.05, 0) is 29.3 Å². The number of amides is 1. The lowest BCUT2D eigenvalue weighted by Crippen LogP contribution is -2.42. The summed E-state index contributed by atoms with van der Waals surface area (Å²) in [6.45, 7) is 3.61. The van der Waals surface area contributed by atoms with Gasteiger partial charge >= 0.3 is 0 Å². The molecule has 0 heterocycles. The molecular formula is C17H16FNO3. The highest BCUT2D eigenvalue weighted by Gasteiger charge is 2.35. The van der Waals surface area contributed by atoms with Crippen molar-refractivity contribution >= 4 is 5.91 Å². The number of hydrogen-bond donors (Lipinski definition) is 2. The van der Waals surface area contributed by atoms with Crippen LogP contribution in [0.15, 0.2) is 67.3 Å². The van der Waals surface area contributed by atoms with Crippen molar-refractivity contribution in [3.63, 3.8) is 0 Å². The highest BCUT2D eigenvalue weighted by atomic mass is 19.1. The molecule has 0 fully saturated rings. The molecule has 0 radical (unpaired) electrons. The van der Waals surface area contributed by atoms with Gasteiger partial charge in [-0.25, -0.2) is 9.87 Å². The highest BCUT2D eigenvalue weighted by molar-refractivity contribution is 5.87. The summed E-state index contributed by atoms with van der Waals surface area (Å²) in [6.07, 6.45) is 1.07. The Morgan fingerprint density at radius 3 is 2.45 bits per heavy atom. The molecule has 0 aliphatic carbocycles. The van der Waals surface area contributed by atoms with E-state index < -0.39 is 17.3 Å². The largest absolute Gasteiger partial charge is 0.372 e. The molecule has 0 spiro atoms. The molecule has 0 aromatic heterocycles. The summed E-state index contributed by atoms with van der Waals surface area (Å²) in [5.41, 5.74) is 1.25. The maximum absolute atomic E-state index is 12.9. The monoisotopic (exact) mass is 301 g/mol. The number of nitrogens with one attached hydrogen (secondary N) is 1. The summed E-state index contributed by atoms with van der Waals surface area (Å²) in [5, 5.41) is 10.4. The van der Waals surface area contributed by atoms with Gasteiger partial charge in [0, 0.05) is 0 Å². The smallest absolute Gasteiger partial charge is 0.284 e. The van der Waals surface area contributed by atoms with Gasteiger partial charge in [0.05, 0.1) is 6.61 Å². The molecule has 2 N–H and O–H groups in total. The summed E-state index contributed by atoms with van der Waals surface area (Å²) in [5.74, 6) is -1.26. The van der Waals surface area contributed by atoms with Gasteiger partial charge in [0.15, 0.2) is 5.60 Å². The van der Waals surface area contributed by atoms with Crippen LogP contribution >= 0.6 is 0 Å². The van der Waals surface area contributed by atoms with Gasteiger partial charge in [-0.3, -0.25) is 9.63 Å². The molecular weight excluding hydrogens is 285 g/mol. The molecule has 0 bridgehead atoms. The number of rotatable bonds is 6. The van der Waals surface area contributed by atoms with E-state index in [0.717, 1.165) is 23.8 Å². The second-order valence-corrected chi connectivity index (χ2v) is 4.68. The van der Waals surface area contributed by atoms with Crippen LogP contribution in [0, 0.1) is 5.82 Å². The second-order valence-electron chi connectivity index (χ2n) is 4.68. The first-order valence-electron chi connectivity index (χ1n) is 6.64. The minimum atomic E-state index is -2.00. The highest BCUT2D eigenvalue weighted by Crippen LogP contribution is 2.23. The first kappa shape index (κ1) is 15.9. The van der Waals surface area contributed by atoms with Crippen molar-refractivity contribution in [2.45, 2.75) is 12.2 Å². The van der Waals surface area contributed by atoms with Crippen molar-refractivity contribution in [2.24, 2.45) is 0 Å². The van der Waals surface area contributed by atoms with E-state index in [9.17, 15) is 14.3 Å². The van der Waals surface area contributed by atoms with E-state index in [2.05, 4.69) is 12.1 Å². The van der Waals surface area contributed by atoms with Gasteiger partial charge < -0.3 is 5.11 Å². The zero-order chi connectivity index (χ0) is 16.0. The van der Waals surface area contributed by atoms with E-state index in [1.807, 2.05) is 30.3 Å². The number of benzene rings is 2. The fourth-order valence-corrected chi connectivity index (χ4v) is 1.88. The molecule has 2 aromatic carbocycles. The zero-order valence-electron chi connectivity index (χ0n) is 11.8. The van der Waals surface area contributed by atoms with Crippen LogP contribution in [-0.2, 0) is 21.8 Å². The third-order valence-electron chi connectivity index (χ3n) is 3.17. The van der Waals surface area contributed by atoms with E-state index >= 15 is 0 Å². The topological polar surface area (TPSA) is 58.6 Å². The molecule has 2 aromatic rings. The van der Waals surface area contributed by atoms with Crippen LogP contribution in [0.4, 0.5) is 4.39 Å². The Kier molecular flexibility index (Phi) is 5.04. The summed E-state index contributed by atoms with van der Waals surface area (Å²) < 4.78 is 12.9. The van der Waals surface area contributed by atoms with Crippen LogP contribution in [0.1, 0.15) is 11.1 Å². The number of hydroxylamine groups is 1. The molecule has 1 amide bonds. The Morgan fingerprint density at radius 1 is 1.23 bits per heavy atom. The van der Waals surface area contributed by atoms with E-state index in [0.29, 0.717) is 0 Å². The van der Waals surface area contributed by atoms with Crippen LogP contribution in [0.2, 0.25) is 0 Å². The van der Waals surface area contributed by atoms with Gasteiger partial charge in [0.25, 0.3) is 5.91 Å². The summed E-state index contributed by atoms with van der Waals surface area (Å²) in [6, 6.07) is 14.2. The third-order valence-corrected chi connectivity index (χ3v) is 3.17. The molecule has 0 saturated heterocycles. The van der Waals surface area contributed by atoms with Gasteiger partial charge in [0.2, 0.25) is 0 Å². The minimum Gasteiger partial charge on any atom is -0.372 e. The Morgan fingerprint density at radius 2 is 1.86 bits per heavy atom. The molecule has 22 heavy (non-hydrogen) atoms. The van der Waals surface area contributed by atoms with E-state index in [1.165, 1.54) is 12.1 Å². The first-order chi connectivity index (χ1) is 10.6. The molecule has 0 aliphatic heterocycles. The second kappa shape index (κ2) is 6.98.